The molecule has 2 N–H and O–H groups in total. The first-order valence-electron chi connectivity index (χ1n) is 4.92. The zero-order chi connectivity index (χ0) is 11.3. The van der Waals surface area contributed by atoms with Crippen molar-refractivity contribution in [2.75, 3.05) is 0 Å². The van der Waals surface area contributed by atoms with Gasteiger partial charge >= 0.3 is 0 Å². The van der Waals surface area contributed by atoms with E-state index in [1.807, 2.05) is 18.2 Å². The van der Waals surface area contributed by atoms with E-state index in [4.69, 9.17) is 5.73 Å². The fraction of sp³-hybridized carbons (Fsp3) is 0.182. The number of guanidine groups is 1. The number of fused-ring (bicyclic) bond motifs is 2. The molecule has 0 amide bonds. The molecule has 4 nitrogen and oxygen atoms in total. The van der Waals surface area contributed by atoms with Crippen molar-refractivity contribution in [1.82, 2.24) is 0 Å². The van der Waals surface area contributed by atoms with Crippen LogP contribution in [0.3, 0.4) is 0 Å². The van der Waals surface area contributed by atoms with Crippen LogP contribution in [0.2, 0.25) is 0 Å². The number of hydrogen-bond acceptors (Lipinski definition) is 5. The Balaban J connectivity index is 2.28. The summed E-state index contributed by atoms with van der Waals surface area (Å²) in [5, 5.41) is 1.44. The Bertz CT molecular complexity index is 648. The molecule has 3 rings (SSSR count). The van der Waals surface area contributed by atoms with E-state index >= 15 is 0 Å². The fourth-order valence-corrected chi connectivity index (χ4v) is 2.20. The van der Waals surface area contributed by atoms with Gasteiger partial charge < -0.3 is 5.73 Å². The highest BCUT2D eigenvalue weighted by atomic mass is 32.1. The van der Waals surface area contributed by atoms with E-state index in [9.17, 15) is 4.79 Å². The second kappa shape index (κ2) is 3.18. The summed E-state index contributed by atoms with van der Waals surface area (Å²) in [6, 6.07) is 3.78. The lowest BCUT2D eigenvalue weighted by Crippen LogP contribution is -2.29. The first kappa shape index (κ1) is 9.59. The molecule has 1 aliphatic carbocycles. The fourth-order valence-electron chi connectivity index (χ4n) is 1.95. The summed E-state index contributed by atoms with van der Waals surface area (Å²) < 4.78 is 0. The predicted molar refractivity (Wildman–Crippen MR) is 64.5 cm³/mol. The van der Waals surface area contributed by atoms with Crippen LogP contribution < -0.4 is 16.3 Å². The zero-order valence-corrected chi connectivity index (χ0v) is 9.24. The van der Waals surface area contributed by atoms with Crippen molar-refractivity contribution >= 4 is 36.1 Å². The van der Waals surface area contributed by atoms with E-state index in [1.54, 1.807) is 0 Å². The highest BCUT2D eigenvalue weighted by molar-refractivity contribution is 7.82. The predicted octanol–water partition coefficient (Wildman–Crippen LogP) is -0.530. The van der Waals surface area contributed by atoms with Gasteiger partial charge in [-0.05, 0) is 22.9 Å². The second-order valence-corrected chi connectivity index (χ2v) is 4.43. The summed E-state index contributed by atoms with van der Waals surface area (Å²) in [5.41, 5.74) is 7.27. The van der Waals surface area contributed by atoms with Crippen molar-refractivity contribution in [3.8, 4) is 0 Å². The molecule has 16 heavy (non-hydrogen) atoms. The van der Waals surface area contributed by atoms with Crippen LogP contribution >= 0.6 is 12.6 Å². The van der Waals surface area contributed by atoms with Crippen molar-refractivity contribution in [2.45, 2.75) is 11.7 Å². The van der Waals surface area contributed by atoms with Gasteiger partial charge in [-0.2, -0.15) is 12.6 Å². The van der Waals surface area contributed by atoms with Gasteiger partial charge in [0.1, 0.15) is 0 Å². The molecule has 0 fully saturated rings. The van der Waals surface area contributed by atoms with E-state index in [1.165, 1.54) is 0 Å². The number of nitrogens with zero attached hydrogens (tertiary/aromatic N) is 2. The molecular weight excluding hydrogens is 222 g/mol. The third-order valence-electron chi connectivity index (χ3n) is 2.74. The van der Waals surface area contributed by atoms with Crippen LogP contribution in [0, 0.1) is 0 Å². The number of ketones is 1. The molecule has 0 spiro atoms. The van der Waals surface area contributed by atoms with Crippen molar-refractivity contribution in [3.05, 3.63) is 28.3 Å². The lowest BCUT2D eigenvalue weighted by molar-refractivity contribution is -0.117. The average molecular weight is 231 g/mol. The van der Waals surface area contributed by atoms with E-state index < -0.39 is 0 Å². The smallest absolute Gasteiger partial charge is 0.221 e. The van der Waals surface area contributed by atoms with Gasteiger partial charge in [0.05, 0.1) is 16.3 Å². The maximum Gasteiger partial charge on any atom is 0.221 e. The Morgan fingerprint density at radius 1 is 1.38 bits per heavy atom. The summed E-state index contributed by atoms with van der Waals surface area (Å²) in [6.07, 6.45) is 2.25. The van der Waals surface area contributed by atoms with Gasteiger partial charge in [-0.3, -0.25) is 4.79 Å². The third-order valence-corrected chi connectivity index (χ3v) is 3.18. The molecule has 0 radical (unpaired) electrons. The maximum absolute atomic E-state index is 11.5. The van der Waals surface area contributed by atoms with Crippen molar-refractivity contribution < 1.29 is 4.79 Å². The minimum Gasteiger partial charge on any atom is -0.368 e. The highest BCUT2D eigenvalue weighted by Crippen LogP contribution is 2.13. The van der Waals surface area contributed by atoms with Crippen molar-refractivity contribution in [2.24, 2.45) is 15.7 Å². The summed E-state index contributed by atoms with van der Waals surface area (Å²) in [6.45, 7) is 0. The first-order chi connectivity index (χ1) is 7.63. The van der Waals surface area contributed by atoms with Crippen LogP contribution in [-0.4, -0.2) is 17.0 Å². The molecule has 1 unspecified atom stereocenters. The van der Waals surface area contributed by atoms with Gasteiger partial charge in [0, 0.05) is 6.42 Å². The van der Waals surface area contributed by atoms with Crippen LogP contribution in [0.4, 0.5) is 5.69 Å². The number of rotatable bonds is 0. The number of carbonyl (C=O) groups excluding carboxylic acids is 1. The largest absolute Gasteiger partial charge is 0.368 e. The Kier molecular flexibility index (Phi) is 1.91. The lowest BCUT2D eigenvalue weighted by Gasteiger charge is -2.12. The monoisotopic (exact) mass is 231 g/mol. The molecule has 2 aliphatic rings. The van der Waals surface area contributed by atoms with E-state index in [0.717, 1.165) is 21.8 Å². The molecule has 0 saturated carbocycles. The van der Waals surface area contributed by atoms with E-state index in [-0.39, 0.29) is 17.0 Å². The molecule has 1 aliphatic heterocycles. The Hall–Kier alpha value is -1.62. The number of Topliss-reactive ketones (excluding diaryl/α,β-unsaturated/α-hetero) is 1. The quantitative estimate of drug-likeness (QED) is 0.589. The van der Waals surface area contributed by atoms with Crippen LogP contribution in [0.1, 0.15) is 5.56 Å². The van der Waals surface area contributed by atoms with E-state index in [2.05, 4.69) is 22.6 Å². The summed E-state index contributed by atoms with van der Waals surface area (Å²) in [4.78, 5) is 19.7. The highest BCUT2D eigenvalue weighted by Gasteiger charge is 2.19. The summed E-state index contributed by atoms with van der Waals surface area (Å²) in [7, 11) is 0. The standard InChI is InChI=1S/C11H9N3OS/c12-11-13-7-1-5-3-9(15)10(16)4-6(5)2-8(7)14-11/h1-2,4,10,16H,3H2,(H2,12,14). The normalized spacial score (nSPS) is 21.7. The van der Waals surface area contributed by atoms with Gasteiger partial charge in [0.15, 0.2) is 5.78 Å². The van der Waals surface area contributed by atoms with Crippen molar-refractivity contribution in [3.63, 3.8) is 0 Å². The number of carbonyl (C=O) groups is 1. The molecule has 1 atom stereocenters. The van der Waals surface area contributed by atoms with Crippen molar-refractivity contribution in [1.29, 1.82) is 0 Å². The SMILES string of the molecule is NC1=Nc2cc3c(cc2=N1)CC(=O)C(S)C=3. The summed E-state index contributed by atoms with van der Waals surface area (Å²) >= 11 is 4.21. The van der Waals surface area contributed by atoms with Crippen LogP contribution in [0.25, 0.3) is 6.08 Å². The number of hydrogen-bond donors (Lipinski definition) is 2. The molecule has 1 heterocycles. The minimum atomic E-state index is -0.315. The third kappa shape index (κ3) is 1.36. The van der Waals surface area contributed by atoms with E-state index in [0.29, 0.717) is 6.42 Å². The molecule has 5 heteroatoms. The van der Waals surface area contributed by atoms with Crippen LogP contribution in [-0.2, 0) is 11.2 Å². The van der Waals surface area contributed by atoms with Crippen LogP contribution in [0.15, 0.2) is 22.1 Å². The molecule has 0 saturated heterocycles. The van der Waals surface area contributed by atoms with Gasteiger partial charge in [-0.25, -0.2) is 9.98 Å². The molecule has 0 aromatic heterocycles. The molecule has 1 aromatic rings. The Morgan fingerprint density at radius 3 is 3.00 bits per heavy atom. The molecule has 0 bridgehead atoms. The maximum atomic E-state index is 11.5. The Labute approximate surface area is 97.0 Å². The number of benzene rings is 1. The first-order valence-corrected chi connectivity index (χ1v) is 5.43. The van der Waals surface area contributed by atoms with Gasteiger partial charge in [-0.15, -0.1) is 0 Å². The average Bonchev–Trinajstić information content (AvgIpc) is 2.56. The number of thiol groups is 1. The molecule has 1 aromatic carbocycles. The number of nitrogens with two attached hydrogens (primary N) is 1. The Morgan fingerprint density at radius 2 is 2.19 bits per heavy atom. The van der Waals surface area contributed by atoms with Gasteiger partial charge in [-0.1, -0.05) is 6.08 Å². The molecular formula is C11H9N3OS. The lowest BCUT2D eigenvalue weighted by atomic mass is 9.97. The van der Waals surface area contributed by atoms with Gasteiger partial charge in [0.2, 0.25) is 5.96 Å². The second-order valence-electron chi connectivity index (χ2n) is 3.88. The molecule has 80 valence electrons. The summed E-state index contributed by atoms with van der Waals surface area (Å²) in [5.74, 6) is 0.383. The number of aliphatic imine (C=N–C) groups is 1. The topological polar surface area (TPSA) is 67.8 Å². The zero-order valence-electron chi connectivity index (χ0n) is 8.34. The minimum absolute atomic E-state index is 0.114. The van der Waals surface area contributed by atoms with Gasteiger partial charge in [0.25, 0.3) is 0 Å². The van der Waals surface area contributed by atoms with Crippen LogP contribution in [0.5, 0.6) is 0 Å².